The number of rotatable bonds is 4. The second-order valence-electron chi connectivity index (χ2n) is 6.87. The summed E-state index contributed by atoms with van der Waals surface area (Å²) in [5.41, 5.74) is 1.18. The van der Waals surface area contributed by atoms with E-state index in [2.05, 4.69) is 18.9 Å². The minimum absolute atomic E-state index is 0.0417. The zero-order valence-corrected chi connectivity index (χ0v) is 14.4. The number of ether oxygens (including phenoxy) is 2. The van der Waals surface area contributed by atoms with Crippen molar-refractivity contribution in [3.8, 4) is 0 Å². The third-order valence-corrected chi connectivity index (χ3v) is 3.85. The van der Waals surface area contributed by atoms with Crippen LogP contribution in [0.2, 0.25) is 0 Å². The number of aromatic nitrogens is 2. The molecule has 0 N–H and O–H groups in total. The molecule has 2 heterocycles. The summed E-state index contributed by atoms with van der Waals surface area (Å²) < 4.78 is 12.9. The molecule has 0 unspecified atom stereocenters. The summed E-state index contributed by atoms with van der Waals surface area (Å²) in [5, 5.41) is 4.38. The van der Waals surface area contributed by atoms with Crippen LogP contribution in [0.5, 0.6) is 0 Å². The third kappa shape index (κ3) is 3.67. The van der Waals surface area contributed by atoms with Gasteiger partial charge in [0.1, 0.15) is 0 Å². The van der Waals surface area contributed by atoms with Gasteiger partial charge in [0, 0.05) is 32.9 Å². The molecule has 0 aliphatic carbocycles. The van der Waals surface area contributed by atoms with Crippen molar-refractivity contribution in [3.05, 3.63) is 17.5 Å². The van der Waals surface area contributed by atoms with Gasteiger partial charge < -0.3 is 14.4 Å². The van der Waals surface area contributed by atoms with Gasteiger partial charge in [-0.05, 0) is 25.8 Å². The van der Waals surface area contributed by atoms with Crippen LogP contribution in [0.4, 0.5) is 0 Å². The van der Waals surface area contributed by atoms with Crippen LogP contribution in [-0.2, 0) is 16.5 Å². The molecule has 1 saturated heterocycles. The van der Waals surface area contributed by atoms with Crippen LogP contribution in [0.3, 0.4) is 0 Å². The number of amides is 1. The number of hydrogen-bond acceptors (Lipinski definition) is 4. The van der Waals surface area contributed by atoms with Gasteiger partial charge in [0.15, 0.2) is 5.69 Å². The molecule has 1 fully saturated rings. The van der Waals surface area contributed by atoms with Gasteiger partial charge in [-0.3, -0.25) is 9.48 Å². The maximum atomic E-state index is 12.8. The first-order chi connectivity index (χ1) is 10.2. The van der Waals surface area contributed by atoms with Crippen LogP contribution in [0, 0.1) is 0 Å². The maximum Gasteiger partial charge on any atom is 0.274 e. The zero-order chi connectivity index (χ0) is 16.5. The largest absolute Gasteiger partial charge is 0.382 e. The van der Waals surface area contributed by atoms with Crippen molar-refractivity contribution in [1.29, 1.82) is 0 Å². The topological polar surface area (TPSA) is 56.6 Å². The zero-order valence-electron chi connectivity index (χ0n) is 14.4. The van der Waals surface area contributed by atoms with Crippen LogP contribution in [0.1, 0.15) is 49.8 Å². The molecule has 6 nitrogen and oxygen atoms in total. The van der Waals surface area contributed by atoms with Crippen molar-refractivity contribution in [1.82, 2.24) is 14.7 Å². The van der Waals surface area contributed by atoms with Crippen molar-refractivity contribution in [2.75, 3.05) is 26.8 Å². The molecule has 6 heteroatoms. The number of hydrogen-bond donors (Lipinski definition) is 0. The van der Waals surface area contributed by atoms with Crippen molar-refractivity contribution in [3.63, 3.8) is 0 Å². The SMILES string of the molecule is COC[C@@H]1CN(C(=O)c2cc(C(C)C)n(C)n2)CC(C)(C)O1. The summed E-state index contributed by atoms with van der Waals surface area (Å²) >= 11 is 0. The van der Waals surface area contributed by atoms with E-state index in [0.717, 1.165) is 5.69 Å². The van der Waals surface area contributed by atoms with E-state index >= 15 is 0 Å². The van der Waals surface area contributed by atoms with Gasteiger partial charge in [-0.15, -0.1) is 0 Å². The van der Waals surface area contributed by atoms with E-state index < -0.39 is 0 Å². The fourth-order valence-corrected chi connectivity index (χ4v) is 3.01. The Balaban J connectivity index is 2.19. The molecule has 22 heavy (non-hydrogen) atoms. The first-order valence-corrected chi connectivity index (χ1v) is 7.73. The van der Waals surface area contributed by atoms with Gasteiger partial charge in [-0.1, -0.05) is 13.8 Å². The van der Waals surface area contributed by atoms with E-state index in [1.807, 2.05) is 31.9 Å². The fraction of sp³-hybridized carbons (Fsp3) is 0.750. The Morgan fingerprint density at radius 3 is 2.77 bits per heavy atom. The van der Waals surface area contributed by atoms with Crippen molar-refractivity contribution in [2.45, 2.75) is 45.3 Å². The summed E-state index contributed by atoms with van der Waals surface area (Å²) in [5.74, 6) is 0.293. The highest BCUT2D eigenvalue weighted by Crippen LogP contribution is 2.23. The molecule has 0 radical (unpaired) electrons. The Labute approximate surface area is 132 Å². The van der Waals surface area contributed by atoms with E-state index in [9.17, 15) is 4.79 Å². The van der Waals surface area contributed by atoms with E-state index in [0.29, 0.717) is 31.3 Å². The number of morpholine rings is 1. The molecule has 1 amide bonds. The van der Waals surface area contributed by atoms with Gasteiger partial charge in [0.2, 0.25) is 0 Å². The summed E-state index contributed by atoms with van der Waals surface area (Å²) in [6.07, 6.45) is -0.106. The quantitative estimate of drug-likeness (QED) is 0.851. The average molecular weight is 309 g/mol. The highest BCUT2D eigenvalue weighted by molar-refractivity contribution is 5.92. The van der Waals surface area contributed by atoms with Gasteiger partial charge >= 0.3 is 0 Å². The minimum atomic E-state index is -0.382. The Bertz CT molecular complexity index is 537. The molecule has 1 aromatic heterocycles. The van der Waals surface area contributed by atoms with Crippen molar-refractivity contribution in [2.24, 2.45) is 7.05 Å². The van der Waals surface area contributed by atoms with Crippen LogP contribution in [-0.4, -0.2) is 59.1 Å². The van der Waals surface area contributed by atoms with E-state index in [1.165, 1.54) is 0 Å². The predicted octanol–water partition coefficient (Wildman–Crippen LogP) is 1.81. The van der Waals surface area contributed by atoms with Crippen molar-refractivity contribution < 1.29 is 14.3 Å². The first kappa shape index (κ1) is 17.0. The lowest BCUT2D eigenvalue weighted by molar-refractivity contribution is -0.143. The Hall–Kier alpha value is -1.40. The first-order valence-electron chi connectivity index (χ1n) is 7.73. The predicted molar refractivity (Wildman–Crippen MR) is 84.0 cm³/mol. The Kier molecular flexibility index (Phi) is 4.92. The summed E-state index contributed by atoms with van der Waals surface area (Å²) in [7, 11) is 3.52. The lowest BCUT2D eigenvalue weighted by atomic mass is 10.0. The molecule has 124 valence electrons. The van der Waals surface area contributed by atoms with E-state index in [4.69, 9.17) is 9.47 Å². The fourth-order valence-electron chi connectivity index (χ4n) is 3.01. The second kappa shape index (κ2) is 6.38. The molecule has 1 aliphatic heterocycles. The summed E-state index contributed by atoms with van der Waals surface area (Å²) in [4.78, 5) is 14.6. The molecule has 2 rings (SSSR count). The lowest BCUT2D eigenvalue weighted by Gasteiger charge is -2.42. The van der Waals surface area contributed by atoms with E-state index in [1.54, 1.807) is 11.8 Å². The van der Waals surface area contributed by atoms with Gasteiger partial charge in [0.25, 0.3) is 5.91 Å². The third-order valence-electron chi connectivity index (χ3n) is 3.85. The molecule has 1 aromatic rings. The summed E-state index contributed by atoms with van der Waals surface area (Å²) in [6.45, 7) is 9.74. The maximum absolute atomic E-state index is 12.8. The molecule has 0 aromatic carbocycles. The molecular formula is C16H27N3O3. The normalized spacial score (nSPS) is 21.4. The number of carbonyl (C=O) groups is 1. The second-order valence-corrected chi connectivity index (χ2v) is 6.87. The van der Waals surface area contributed by atoms with E-state index in [-0.39, 0.29) is 17.6 Å². The highest BCUT2D eigenvalue weighted by atomic mass is 16.5. The smallest absolute Gasteiger partial charge is 0.274 e. The molecule has 1 aliphatic rings. The number of nitrogens with zero attached hydrogens (tertiary/aromatic N) is 3. The molecule has 0 bridgehead atoms. The monoisotopic (exact) mass is 309 g/mol. The van der Waals surface area contributed by atoms with Gasteiger partial charge in [-0.2, -0.15) is 5.10 Å². The van der Waals surface area contributed by atoms with Crippen molar-refractivity contribution >= 4 is 5.91 Å². The Morgan fingerprint density at radius 1 is 1.55 bits per heavy atom. The average Bonchev–Trinajstić information content (AvgIpc) is 2.78. The minimum Gasteiger partial charge on any atom is -0.382 e. The van der Waals surface area contributed by atoms with Gasteiger partial charge in [-0.25, -0.2) is 0 Å². The van der Waals surface area contributed by atoms with Crippen LogP contribution in [0.15, 0.2) is 6.07 Å². The number of aryl methyl sites for hydroxylation is 1. The molecule has 0 saturated carbocycles. The molecule has 0 spiro atoms. The molecule has 1 atom stereocenters. The van der Waals surface area contributed by atoms with Crippen LogP contribution < -0.4 is 0 Å². The standard InChI is InChI=1S/C16H27N3O3/c1-11(2)14-7-13(17-18(14)5)15(20)19-8-12(9-21-6)22-16(3,4)10-19/h7,11-12H,8-10H2,1-6H3/t12-/m0/s1. The highest BCUT2D eigenvalue weighted by Gasteiger charge is 2.36. The lowest BCUT2D eigenvalue weighted by Crippen LogP contribution is -2.55. The van der Waals surface area contributed by atoms with Crippen LogP contribution >= 0.6 is 0 Å². The number of carbonyl (C=O) groups excluding carboxylic acids is 1. The van der Waals surface area contributed by atoms with Crippen LogP contribution in [0.25, 0.3) is 0 Å². The summed E-state index contributed by atoms with van der Waals surface area (Å²) in [6, 6.07) is 1.89. The van der Waals surface area contributed by atoms with Gasteiger partial charge in [0.05, 0.1) is 18.3 Å². The molecular weight excluding hydrogens is 282 g/mol. The Morgan fingerprint density at radius 2 is 2.23 bits per heavy atom. The number of methoxy groups -OCH3 is 1.